The van der Waals surface area contributed by atoms with Crippen molar-refractivity contribution < 1.29 is 33.4 Å². The molecule has 1 aromatic carbocycles. The van der Waals surface area contributed by atoms with Crippen LogP contribution in [-0.2, 0) is 23.9 Å². The molecule has 0 aromatic heterocycles. The van der Waals surface area contributed by atoms with Crippen molar-refractivity contribution in [1.29, 1.82) is 0 Å². The molecular formula is C18H20N2O7. The van der Waals surface area contributed by atoms with Gasteiger partial charge in [-0.25, -0.2) is 14.5 Å². The number of hydrogen-bond acceptors (Lipinski definition) is 7. The van der Waals surface area contributed by atoms with E-state index in [1.807, 2.05) is 0 Å². The van der Waals surface area contributed by atoms with Gasteiger partial charge in [0.25, 0.3) is 5.91 Å². The average molecular weight is 376 g/mol. The maximum atomic E-state index is 12.3. The van der Waals surface area contributed by atoms with Crippen LogP contribution < -0.4 is 10.1 Å². The van der Waals surface area contributed by atoms with Crippen molar-refractivity contribution in [1.82, 2.24) is 10.2 Å². The summed E-state index contributed by atoms with van der Waals surface area (Å²) in [6.45, 7) is 3.13. The Bertz CT molecular complexity index is 755. The Balaban J connectivity index is 1.99. The molecule has 1 aromatic rings. The molecule has 1 N–H and O–H groups in total. The van der Waals surface area contributed by atoms with Gasteiger partial charge in [-0.2, -0.15) is 0 Å². The summed E-state index contributed by atoms with van der Waals surface area (Å²) in [6, 6.07) is 5.85. The predicted molar refractivity (Wildman–Crippen MR) is 93.4 cm³/mol. The molecule has 1 saturated heterocycles. The molecule has 9 nitrogen and oxygen atoms in total. The highest BCUT2D eigenvalue weighted by atomic mass is 16.6. The number of esters is 2. The van der Waals surface area contributed by atoms with E-state index in [1.54, 1.807) is 38.1 Å². The number of amides is 3. The zero-order valence-corrected chi connectivity index (χ0v) is 15.0. The van der Waals surface area contributed by atoms with Crippen LogP contribution in [0.1, 0.15) is 19.4 Å². The summed E-state index contributed by atoms with van der Waals surface area (Å²) in [6.07, 6.45) is 1.47. The molecule has 0 unspecified atom stereocenters. The number of ether oxygens (including phenoxy) is 3. The van der Waals surface area contributed by atoms with Crippen LogP contribution in [0.25, 0.3) is 6.08 Å². The Morgan fingerprint density at radius 3 is 2.30 bits per heavy atom. The number of imide groups is 1. The van der Waals surface area contributed by atoms with Gasteiger partial charge < -0.3 is 19.5 Å². The van der Waals surface area contributed by atoms with E-state index in [0.29, 0.717) is 11.3 Å². The van der Waals surface area contributed by atoms with Crippen LogP contribution in [0.5, 0.6) is 5.75 Å². The standard InChI is InChI=1S/C18H20N2O7/c1-3-25-15(21)10-20-17(23)14(19-18(20)24)9-12-5-7-13(8-6-12)27-11-16(22)26-4-2/h5-9H,3-4,10-11H2,1-2H3,(H,19,24). The molecule has 9 heteroatoms. The molecular weight excluding hydrogens is 356 g/mol. The SMILES string of the molecule is CCOC(=O)COc1ccc(C=C2NC(=O)N(CC(=O)OCC)C2=O)cc1. The van der Waals surface area contributed by atoms with Gasteiger partial charge in [0, 0.05) is 0 Å². The Kier molecular flexibility index (Phi) is 6.93. The van der Waals surface area contributed by atoms with Crippen LogP contribution in [0.15, 0.2) is 30.0 Å². The lowest BCUT2D eigenvalue weighted by Gasteiger charge is -2.10. The largest absolute Gasteiger partial charge is 0.482 e. The van der Waals surface area contributed by atoms with Crippen LogP contribution >= 0.6 is 0 Å². The predicted octanol–water partition coefficient (Wildman–Crippen LogP) is 1.08. The molecule has 2 rings (SSSR count). The van der Waals surface area contributed by atoms with E-state index < -0.39 is 30.4 Å². The van der Waals surface area contributed by atoms with E-state index in [1.165, 1.54) is 6.08 Å². The van der Waals surface area contributed by atoms with Gasteiger partial charge in [-0.05, 0) is 37.6 Å². The van der Waals surface area contributed by atoms with E-state index >= 15 is 0 Å². The van der Waals surface area contributed by atoms with Gasteiger partial charge in [0.05, 0.1) is 13.2 Å². The van der Waals surface area contributed by atoms with Crippen LogP contribution in [0.3, 0.4) is 0 Å². The number of carbonyl (C=O) groups excluding carboxylic acids is 4. The molecule has 3 amide bonds. The number of urea groups is 1. The van der Waals surface area contributed by atoms with Gasteiger partial charge in [-0.1, -0.05) is 12.1 Å². The number of nitrogens with zero attached hydrogens (tertiary/aromatic N) is 1. The van der Waals surface area contributed by atoms with Gasteiger partial charge in [0.2, 0.25) is 0 Å². The lowest BCUT2D eigenvalue weighted by Crippen LogP contribution is -2.36. The first-order valence-electron chi connectivity index (χ1n) is 8.33. The molecule has 0 atom stereocenters. The van der Waals surface area contributed by atoms with E-state index in [-0.39, 0.29) is 25.5 Å². The van der Waals surface area contributed by atoms with Crippen LogP contribution in [0.2, 0.25) is 0 Å². The van der Waals surface area contributed by atoms with Crippen LogP contribution in [0, 0.1) is 0 Å². The summed E-state index contributed by atoms with van der Waals surface area (Å²) in [5.41, 5.74) is 0.671. The molecule has 0 spiro atoms. The third-order valence-electron chi connectivity index (χ3n) is 3.41. The van der Waals surface area contributed by atoms with Gasteiger partial charge in [-0.3, -0.25) is 9.59 Å². The monoisotopic (exact) mass is 376 g/mol. The minimum absolute atomic E-state index is 0.0458. The van der Waals surface area contributed by atoms with E-state index in [2.05, 4.69) is 5.32 Å². The van der Waals surface area contributed by atoms with E-state index in [4.69, 9.17) is 14.2 Å². The van der Waals surface area contributed by atoms with Gasteiger partial charge >= 0.3 is 18.0 Å². The van der Waals surface area contributed by atoms with Crippen molar-refractivity contribution in [3.8, 4) is 5.75 Å². The van der Waals surface area contributed by atoms with Crippen molar-refractivity contribution >= 4 is 30.0 Å². The van der Waals surface area contributed by atoms with E-state index in [0.717, 1.165) is 4.90 Å². The smallest absolute Gasteiger partial charge is 0.344 e. The van der Waals surface area contributed by atoms with Crippen molar-refractivity contribution in [2.24, 2.45) is 0 Å². The summed E-state index contributed by atoms with van der Waals surface area (Å²) < 4.78 is 14.8. The molecule has 144 valence electrons. The molecule has 0 bridgehead atoms. The average Bonchev–Trinajstić information content (AvgIpc) is 2.89. The highest BCUT2D eigenvalue weighted by Gasteiger charge is 2.35. The quantitative estimate of drug-likeness (QED) is 0.411. The van der Waals surface area contributed by atoms with Crippen molar-refractivity contribution in [3.63, 3.8) is 0 Å². The lowest BCUT2D eigenvalue weighted by molar-refractivity contribution is -0.146. The summed E-state index contributed by atoms with van der Waals surface area (Å²) in [5.74, 6) is -1.29. The number of carbonyl (C=O) groups is 4. The fourth-order valence-corrected chi connectivity index (χ4v) is 2.22. The third kappa shape index (κ3) is 5.56. The Hall–Kier alpha value is -3.36. The highest BCUT2D eigenvalue weighted by Crippen LogP contribution is 2.17. The first-order valence-corrected chi connectivity index (χ1v) is 8.33. The van der Waals surface area contributed by atoms with Gasteiger partial charge in [0.1, 0.15) is 18.0 Å². The van der Waals surface area contributed by atoms with E-state index in [9.17, 15) is 19.2 Å². The van der Waals surface area contributed by atoms with Crippen LogP contribution in [0.4, 0.5) is 4.79 Å². The van der Waals surface area contributed by atoms with Gasteiger partial charge in [0.15, 0.2) is 6.61 Å². The topological polar surface area (TPSA) is 111 Å². The molecule has 27 heavy (non-hydrogen) atoms. The highest BCUT2D eigenvalue weighted by molar-refractivity contribution is 6.15. The third-order valence-corrected chi connectivity index (χ3v) is 3.41. The Morgan fingerprint density at radius 2 is 1.67 bits per heavy atom. The molecule has 1 fully saturated rings. The first kappa shape index (κ1) is 20.0. The maximum Gasteiger partial charge on any atom is 0.344 e. The van der Waals surface area contributed by atoms with Crippen LogP contribution in [-0.4, -0.2) is 55.1 Å². The van der Waals surface area contributed by atoms with Crippen molar-refractivity contribution in [2.45, 2.75) is 13.8 Å². The zero-order valence-electron chi connectivity index (χ0n) is 15.0. The summed E-state index contributed by atoms with van der Waals surface area (Å²) >= 11 is 0. The Labute approximate surface area is 155 Å². The molecule has 0 aliphatic carbocycles. The zero-order chi connectivity index (χ0) is 19.8. The second-order valence-electron chi connectivity index (χ2n) is 5.35. The minimum Gasteiger partial charge on any atom is -0.482 e. The summed E-state index contributed by atoms with van der Waals surface area (Å²) in [7, 11) is 0. The second kappa shape index (κ2) is 9.37. The maximum absolute atomic E-state index is 12.3. The lowest BCUT2D eigenvalue weighted by atomic mass is 10.2. The van der Waals surface area contributed by atoms with Crippen molar-refractivity contribution in [3.05, 3.63) is 35.5 Å². The summed E-state index contributed by atoms with van der Waals surface area (Å²) in [4.78, 5) is 47.6. The van der Waals surface area contributed by atoms with Gasteiger partial charge in [-0.15, -0.1) is 0 Å². The number of benzene rings is 1. The fourth-order valence-electron chi connectivity index (χ4n) is 2.22. The van der Waals surface area contributed by atoms with Crippen molar-refractivity contribution in [2.75, 3.05) is 26.4 Å². The summed E-state index contributed by atoms with van der Waals surface area (Å²) in [5, 5.41) is 2.42. The molecule has 1 heterocycles. The second-order valence-corrected chi connectivity index (χ2v) is 5.35. The molecule has 0 radical (unpaired) electrons. The molecule has 1 aliphatic heterocycles. The number of hydrogen-bond donors (Lipinski definition) is 1. The Morgan fingerprint density at radius 1 is 1.04 bits per heavy atom. The first-order chi connectivity index (χ1) is 12.9. The number of nitrogens with one attached hydrogen (secondary N) is 1. The molecule has 0 saturated carbocycles. The molecule has 1 aliphatic rings. The minimum atomic E-state index is -0.686. The normalized spacial score (nSPS) is 14.9. The number of rotatable bonds is 8. The fraction of sp³-hybridized carbons (Fsp3) is 0.333.